The fourth-order valence-corrected chi connectivity index (χ4v) is 3.15. The molecule has 0 aliphatic rings. The number of aromatic nitrogens is 3. The van der Waals surface area contributed by atoms with Gasteiger partial charge in [0.25, 0.3) is 0 Å². The summed E-state index contributed by atoms with van der Waals surface area (Å²) in [5.41, 5.74) is 5.07. The van der Waals surface area contributed by atoms with Crippen LogP contribution in [-0.4, -0.2) is 14.5 Å². The average Bonchev–Trinajstić information content (AvgIpc) is 3.05. The zero-order chi connectivity index (χ0) is 15.0. The molecule has 1 atom stereocenters. The molecule has 0 saturated heterocycles. The molecule has 3 rings (SSSR count). The van der Waals surface area contributed by atoms with Crippen molar-refractivity contribution in [3.8, 4) is 0 Å². The molecule has 0 N–H and O–H groups in total. The number of halogens is 2. The predicted molar refractivity (Wildman–Crippen MR) is 84.5 cm³/mol. The van der Waals surface area contributed by atoms with Gasteiger partial charge in [0.1, 0.15) is 11.6 Å². The van der Waals surface area contributed by atoms with E-state index in [-0.39, 0.29) is 11.2 Å². The first-order valence-corrected chi connectivity index (χ1v) is 8.11. The number of nitrogens with zero attached hydrogens (tertiary/aromatic N) is 3. The Labute approximate surface area is 131 Å². The van der Waals surface area contributed by atoms with Gasteiger partial charge in [-0.15, -0.1) is 22.9 Å². The molecule has 1 aromatic carbocycles. The zero-order valence-corrected chi connectivity index (χ0v) is 13.4. The highest BCUT2D eigenvalue weighted by atomic mass is 35.5. The van der Waals surface area contributed by atoms with Crippen molar-refractivity contribution in [1.82, 2.24) is 14.5 Å². The monoisotopic (exact) mass is 323 g/mol. The van der Waals surface area contributed by atoms with Gasteiger partial charge in [-0.05, 0) is 25.5 Å². The molecule has 6 heteroatoms. The third-order valence-corrected chi connectivity index (χ3v) is 4.32. The maximum absolute atomic E-state index is 13.7. The fraction of sp³-hybridized carbons (Fsp3) is 0.333. The standard InChI is InChI=1S/C15H15ClFN3S/c1-9-5-14-13(6-12(9)17)19-15(10(2)16)20(14)4-3-11-7-21-8-18-11/h5-8,10H,3-4H2,1-2H3. The first kappa shape index (κ1) is 14.5. The Balaban J connectivity index is 2.04. The SMILES string of the molecule is Cc1cc2c(cc1F)nc(C(C)Cl)n2CCc1cscn1. The van der Waals surface area contributed by atoms with Crippen molar-refractivity contribution >= 4 is 34.0 Å². The Morgan fingerprint density at radius 1 is 1.43 bits per heavy atom. The smallest absolute Gasteiger partial charge is 0.128 e. The average molecular weight is 324 g/mol. The third kappa shape index (κ3) is 2.80. The highest BCUT2D eigenvalue weighted by Crippen LogP contribution is 2.26. The summed E-state index contributed by atoms with van der Waals surface area (Å²) in [5, 5.41) is 1.81. The molecule has 1 unspecified atom stereocenters. The minimum Gasteiger partial charge on any atom is -0.326 e. The van der Waals surface area contributed by atoms with Crippen LogP contribution in [0.2, 0.25) is 0 Å². The summed E-state index contributed by atoms with van der Waals surface area (Å²) < 4.78 is 15.8. The van der Waals surface area contributed by atoms with Gasteiger partial charge < -0.3 is 4.57 Å². The molecule has 0 radical (unpaired) electrons. The van der Waals surface area contributed by atoms with Crippen LogP contribution in [0.1, 0.15) is 29.4 Å². The first-order valence-electron chi connectivity index (χ1n) is 6.73. The summed E-state index contributed by atoms with van der Waals surface area (Å²) in [6.07, 6.45) is 0.808. The van der Waals surface area contributed by atoms with Crippen LogP contribution in [0.4, 0.5) is 4.39 Å². The van der Waals surface area contributed by atoms with Gasteiger partial charge in [0.15, 0.2) is 0 Å². The number of alkyl halides is 1. The molecule has 0 spiro atoms. The number of aryl methyl sites for hydroxylation is 3. The van der Waals surface area contributed by atoms with Crippen molar-refractivity contribution in [2.45, 2.75) is 32.2 Å². The highest BCUT2D eigenvalue weighted by molar-refractivity contribution is 7.07. The van der Waals surface area contributed by atoms with E-state index in [2.05, 4.69) is 14.5 Å². The normalized spacial score (nSPS) is 13.0. The summed E-state index contributed by atoms with van der Waals surface area (Å²) in [5.74, 6) is 0.535. The number of imidazole rings is 1. The van der Waals surface area contributed by atoms with Crippen molar-refractivity contribution in [2.24, 2.45) is 0 Å². The summed E-state index contributed by atoms with van der Waals surface area (Å²) >= 11 is 7.81. The van der Waals surface area contributed by atoms with E-state index in [0.717, 1.165) is 30.0 Å². The van der Waals surface area contributed by atoms with Gasteiger partial charge >= 0.3 is 0 Å². The van der Waals surface area contributed by atoms with Gasteiger partial charge in [0, 0.05) is 24.4 Å². The lowest BCUT2D eigenvalue weighted by atomic mass is 10.2. The topological polar surface area (TPSA) is 30.7 Å². The second kappa shape index (κ2) is 5.73. The molecule has 3 nitrogen and oxygen atoms in total. The number of hydrogen-bond donors (Lipinski definition) is 0. The maximum Gasteiger partial charge on any atom is 0.128 e. The van der Waals surface area contributed by atoms with Crippen molar-refractivity contribution in [3.05, 3.63) is 45.9 Å². The Kier molecular flexibility index (Phi) is 3.95. The lowest BCUT2D eigenvalue weighted by Crippen LogP contribution is -2.07. The van der Waals surface area contributed by atoms with E-state index in [0.29, 0.717) is 11.1 Å². The minimum absolute atomic E-state index is 0.226. The van der Waals surface area contributed by atoms with Gasteiger partial charge in [0.2, 0.25) is 0 Å². The van der Waals surface area contributed by atoms with Crippen molar-refractivity contribution in [3.63, 3.8) is 0 Å². The maximum atomic E-state index is 13.7. The predicted octanol–water partition coefficient (Wildman–Crippen LogP) is 4.48. The molecule has 0 aliphatic heterocycles. The van der Waals surface area contributed by atoms with E-state index < -0.39 is 0 Å². The Morgan fingerprint density at radius 2 is 2.24 bits per heavy atom. The summed E-state index contributed by atoms with van der Waals surface area (Å²) in [6, 6.07) is 3.31. The van der Waals surface area contributed by atoms with Crippen LogP contribution in [-0.2, 0) is 13.0 Å². The molecule has 0 bridgehead atoms. The van der Waals surface area contributed by atoms with Crippen LogP contribution in [0.5, 0.6) is 0 Å². The Bertz CT molecular complexity index is 765. The molecule has 0 amide bonds. The Hall–Kier alpha value is -1.46. The first-order chi connectivity index (χ1) is 10.1. The molecule has 0 saturated carbocycles. The van der Waals surface area contributed by atoms with Crippen molar-refractivity contribution < 1.29 is 4.39 Å². The number of hydrogen-bond acceptors (Lipinski definition) is 3. The number of benzene rings is 1. The quantitative estimate of drug-likeness (QED) is 0.663. The number of thiazole rings is 1. The summed E-state index contributed by atoms with van der Waals surface area (Å²) in [7, 11) is 0. The molecular weight excluding hydrogens is 309 g/mol. The zero-order valence-electron chi connectivity index (χ0n) is 11.8. The molecule has 0 aliphatic carbocycles. The Morgan fingerprint density at radius 3 is 2.90 bits per heavy atom. The lowest BCUT2D eigenvalue weighted by Gasteiger charge is -2.10. The van der Waals surface area contributed by atoms with Crippen molar-refractivity contribution in [2.75, 3.05) is 0 Å². The molecule has 0 fully saturated rings. The minimum atomic E-state index is -0.236. The molecule has 3 aromatic rings. The van der Waals surface area contributed by atoms with Crippen LogP contribution >= 0.6 is 22.9 Å². The van der Waals surface area contributed by atoms with E-state index in [4.69, 9.17) is 11.6 Å². The lowest BCUT2D eigenvalue weighted by molar-refractivity contribution is 0.619. The van der Waals surface area contributed by atoms with Gasteiger partial charge in [0.05, 0.1) is 27.6 Å². The van der Waals surface area contributed by atoms with Crippen LogP contribution in [0.3, 0.4) is 0 Å². The van der Waals surface area contributed by atoms with Crippen LogP contribution in [0.25, 0.3) is 11.0 Å². The number of fused-ring (bicyclic) bond motifs is 1. The molecule has 110 valence electrons. The summed E-state index contributed by atoms with van der Waals surface area (Å²) in [4.78, 5) is 8.78. The van der Waals surface area contributed by atoms with E-state index in [1.54, 1.807) is 18.3 Å². The van der Waals surface area contributed by atoms with E-state index >= 15 is 0 Å². The molecular formula is C15H15ClFN3S. The molecule has 2 heterocycles. The molecule has 21 heavy (non-hydrogen) atoms. The van der Waals surface area contributed by atoms with E-state index in [9.17, 15) is 4.39 Å². The fourth-order valence-electron chi connectivity index (χ4n) is 2.39. The third-order valence-electron chi connectivity index (χ3n) is 3.49. The second-order valence-corrected chi connectivity index (χ2v) is 6.43. The van der Waals surface area contributed by atoms with Gasteiger partial charge in [-0.3, -0.25) is 0 Å². The number of rotatable bonds is 4. The van der Waals surface area contributed by atoms with Crippen LogP contribution in [0, 0.1) is 12.7 Å². The van der Waals surface area contributed by atoms with Gasteiger partial charge in [-0.2, -0.15) is 0 Å². The van der Waals surface area contributed by atoms with Crippen LogP contribution < -0.4 is 0 Å². The molecule has 2 aromatic heterocycles. The highest BCUT2D eigenvalue weighted by Gasteiger charge is 2.16. The van der Waals surface area contributed by atoms with E-state index in [1.165, 1.54) is 6.07 Å². The summed E-state index contributed by atoms with van der Waals surface area (Å²) in [6.45, 7) is 4.37. The van der Waals surface area contributed by atoms with Crippen molar-refractivity contribution in [1.29, 1.82) is 0 Å². The van der Waals surface area contributed by atoms with Gasteiger partial charge in [-0.1, -0.05) is 0 Å². The second-order valence-electron chi connectivity index (χ2n) is 5.06. The van der Waals surface area contributed by atoms with E-state index in [1.807, 2.05) is 23.9 Å². The van der Waals surface area contributed by atoms with Gasteiger partial charge in [-0.25, -0.2) is 14.4 Å². The van der Waals surface area contributed by atoms with Crippen LogP contribution in [0.15, 0.2) is 23.0 Å². The largest absolute Gasteiger partial charge is 0.326 e.